The van der Waals surface area contributed by atoms with Gasteiger partial charge in [0.1, 0.15) is 0 Å². The topological polar surface area (TPSA) is 78.9 Å². The Balaban J connectivity index is -0.000000147. The Morgan fingerprint density at radius 2 is 1.60 bits per heavy atom. The minimum absolute atomic E-state index is 0.870. The van der Waals surface area contributed by atoms with Crippen LogP contribution in [0.2, 0.25) is 0 Å². The van der Waals surface area contributed by atoms with E-state index in [-0.39, 0.29) is 0 Å². The number of nitrogens with zero attached hydrogens (tertiary/aromatic N) is 1. The average molecular weight is 244 g/mol. The van der Waals surface area contributed by atoms with Crippen LogP contribution < -0.4 is 5.32 Å². The second-order valence-electron chi connectivity index (χ2n) is 3.04. The molecule has 7 heteroatoms. The van der Waals surface area contributed by atoms with Crippen LogP contribution in [0.1, 0.15) is 13.3 Å². The molecule has 0 aliphatic rings. The Morgan fingerprint density at radius 3 is 1.60 bits per heavy atom. The van der Waals surface area contributed by atoms with Gasteiger partial charge in [0.2, 0.25) is 0 Å². The molecule has 6 nitrogen and oxygen atoms in total. The highest BCUT2D eigenvalue weighted by Crippen LogP contribution is 1.74. The van der Waals surface area contributed by atoms with Gasteiger partial charge in [-0.25, -0.2) is 0 Å². The minimum atomic E-state index is -4.16. The predicted octanol–water partition coefficient (Wildman–Crippen LogP) is 0.229. The van der Waals surface area contributed by atoms with Gasteiger partial charge in [-0.2, -0.15) is 8.42 Å². The van der Waals surface area contributed by atoms with E-state index in [9.17, 15) is 8.42 Å². The first-order chi connectivity index (χ1) is 6.71. The summed E-state index contributed by atoms with van der Waals surface area (Å²) in [5.74, 6) is 0. The van der Waals surface area contributed by atoms with E-state index in [1.54, 1.807) is 0 Å². The number of hydrogen-bond acceptors (Lipinski definition) is 5. The van der Waals surface area contributed by atoms with Crippen molar-refractivity contribution in [3.05, 3.63) is 0 Å². The molecule has 0 amide bonds. The quantitative estimate of drug-likeness (QED) is 0.692. The highest BCUT2D eigenvalue weighted by Gasteiger charge is 1.94. The van der Waals surface area contributed by atoms with E-state index in [4.69, 9.17) is 4.55 Å². The molecule has 0 rings (SSSR count). The van der Waals surface area contributed by atoms with Gasteiger partial charge in [-0.15, -0.1) is 0 Å². The second-order valence-corrected chi connectivity index (χ2v) is 4.23. The Hall–Kier alpha value is -0.210. The highest BCUT2D eigenvalue weighted by atomic mass is 32.3. The van der Waals surface area contributed by atoms with Crippen molar-refractivity contribution in [2.24, 2.45) is 0 Å². The fraction of sp³-hybridized carbons (Fsp3) is 1.00. The molecule has 0 aliphatic carbocycles. The molecule has 0 radical (unpaired) electrons. The van der Waals surface area contributed by atoms with Crippen LogP contribution in [0.3, 0.4) is 0 Å². The van der Waals surface area contributed by atoms with Crippen molar-refractivity contribution in [3.63, 3.8) is 0 Å². The zero-order chi connectivity index (χ0) is 12.9. The van der Waals surface area contributed by atoms with Crippen LogP contribution in [-0.4, -0.2) is 59.7 Å². The molecule has 0 unspecified atom stereocenters. The van der Waals surface area contributed by atoms with Gasteiger partial charge in [-0.1, -0.05) is 6.92 Å². The van der Waals surface area contributed by atoms with Crippen LogP contribution in [0, 0.1) is 0 Å². The molecule has 0 aromatic rings. The van der Waals surface area contributed by atoms with Crippen molar-refractivity contribution in [1.82, 2.24) is 10.2 Å². The Kier molecular flexibility index (Phi) is 18.6. The van der Waals surface area contributed by atoms with E-state index < -0.39 is 10.4 Å². The smallest absolute Gasteiger partial charge is 0.320 e. The number of rotatable bonds is 3. The molecule has 0 aromatic heterocycles. The first-order valence-electron chi connectivity index (χ1n) is 4.49. The highest BCUT2D eigenvalue weighted by molar-refractivity contribution is 7.80. The first-order valence-corrected chi connectivity index (χ1v) is 5.86. The van der Waals surface area contributed by atoms with Crippen molar-refractivity contribution >= 4 is 10.4 Å². The third-order valence-electron chi connectivity index (χ3n) is 0.711. The van der Waals surface area contributed by atoms with Gasteiger partial charge in [0.15, 0.2) is 0 Å². The molecule has 0 heterocycles. The Bertz CT molecular complexity index is 188. The summed E-state index contributed by atoms with van der Waals surface area (Å²) in [6.45, 7) is 3.29. The molecule has 15 heavy (non-hydrogen) atoms. The lowest BCUT2D eigenvalue weighted by atomic mass is 10.5. The monoisotopic (exact) mass is 244 g/mol. The van der Waals surface area contributed by atoms with Crippen LogP contribution in [-0.2, 0) is 14.6 Å². The van der Waals surface area contributed by atoms with Gasteiger partial charge in [0.25, 0.3) is 0 Å². The maximum Gasteiger partial charge on any atom is 0.397 e. The molecule has 0 aliphatic heterocycles. The molecule has 2 N–H and O–H groups in total. The summed E-state index contributed by atoms with van der Waals surface area (Å²) in [7, 11) is 4.67. The Labute approximate surface area is 93.6 Å². The number of nitrogens with one attached hydrogen (secondary N) is 1. The van der Waals surface area contributed by atoms with Gasteiger partial charge in [0.05, 0.1) is 7.11 Å². The molecule has 0 fully saturated rings. The van der Waals surface area contributed by atoms with Crippen LogP contribution in [0.15, 0.2) is 0 Å². The summed E-state index contributed by atoms with van der Waals surface area (Å²) in [6, 6.07) is 0. The van der Waals surface area contributed by atoms with Gasteiger partial charge < -0.3 is 10.2 Å². The second kappa shape index (κ2) is 13.8. The van der Waals surface area contributed by atoms with Gasteiger partial charge >= 0.3 is 10.4 Å². The lowest BCUT2D eigenvalue weighted by molar-refractivity contribution is 0.324. The summed E-state index contributed by atoms with van der Waals surface area (Å²) >= 11 is 0. The van der Waals surface area contributed by atoms with Crippen molar-refractivity contribution in [2.45, 2.75) is 13.3 Å². The van der Waals surface area contributed by atoms with Gasteiger partial charge in [0, 0.05) is 0 Å². The molecular weight excluding hydrogens is 220 g/mol. The van der Waals surface area contributed by atoms with E-state index in [1.807, 2.05) is 33.1 Å². The normalized spacial score (nSPS) is 9.87. The Morgan fingerprint density at radius 1 is 1.33 bits per heavy atom. The lowest BCUT2D eigenvalue weighted by Crippen LogP contribution is -2.04. The van der Waals surface area contributed by atoms with Crippen LogP contribution in [0.4, 0.5) is 0 Å². The van der Waals surface area contributed by atoms with Crippen molar-refractivity contribution in [3.8, 4) is 0 Å². The summed E-state index contributed by atoms with van der Waals surface area (Å²) in [4.78, 5) is 2.00. The summed E-state index contributed by atoms with van der Waals surface area (Å²) in [5.41, 5.74) is 0. The summed E-state index contributed by atoms with van der Waals surface area (Å²) in [6.07, 6.45) is 1.23. The van der Waals surface area contributed by atoms with Crippen molar-refractivity contribution in [1.29, 1.82) is 0 Å². The molecule has 0 saturated carbocycles. The molecule has 96 valence electrons. The van der Waals surface area contributed by atoms with E-state index in [0.717, 1.165) is 13.7 Å². The standard InChI is InChI=1S/C4H11N.C3H9N.CH4O4S/c1-3-4-5-2;1-4(2)3;1-5-6(2,3)4/h5H,3-4H2,1-2H3;1-3H3;1H3,(H,2,3,4). The molecule has 0 spiro atoms. The molecule has 0 saturated heterocycles. The van der Waals surface area contributed by atoms with E-state index >= 15 is 0 Å². The molecular formula is C8H24N2O4S. The SMILES string of the molecule is CCCNC.CN(C)C.COS(=O)(=O)O. The zero-order valence-electron chi connectivity index (χ0n) is 10.4. The van der Waals surface area contributed by atoms with Crippen molar-refractivity contribution in [2.75, 3.05) is 41.8 Å². The predicted molar refractivity (Wildman–Crippen MR) is 62.4 cm³/mol. The first kappa shape index (κ1) is 20.2. The largest absolute Gasteiger partial charge is 0.397 e. The van der Waals surface area contributed by atoms with Crippen LogP contribution in [0.25, 0.3) is 0 Å². The zero-order valence-corrected chi connectivity index (χ0v) is 11.3. The van der Waals surface area contributed by atoms with E-state index in [1.165, 1.54) is 6.42 Å². The summed E-state index contributed by atoms with van der Waals surface area (Å²) in [5, 5.41) is 3.02. The number of hydrogen-bond donors (Lipinski definition) is 2. The fourth-order valence-corrected chi connectivity index (χ4v) is 0.250. The maximum absolute atomic E-state index is 9.33. The third-order valence-corrected chi connectivity index (χ3v) is 1.13. The van der Waals surface area contributed by atoms with Gasteiger partial charge in [-0.3, -0.25) is 8.74 Å². The summed E-state index contributed by atoms with van der Waals surface area (Å²) < 4.78 is 29.7. The molecule has 0 atom stereocenters. The van der Waals surface area contributed by atoms with Crippen molar-refractivity contribution < 1.29 is 17.2 Å². The molecule has 0 aromatic carbocycles. The third kappa shape index (κ3) is 83.5. The van der Waals surface area contributed by atoms with E-state index in [2.05, 4.69) is 16.4 Å². The van der Waals surface area contributed by atoms with Crippen LogP contribution >= 0.6 is 0 Å². The maximum atomic E-state index is 9.33. The average Bonchev–Trinajstić information content (AvgIpc) is 2.04. The van der Waals surface area contributed by atoms with Crippen LogP contribution in [0.5, 0.6) is 0 Å². The molecule has 0 bridgehead atoms. The van der Waals surface area contributed by atoms with Gasteiger partial charge in [-0.05, 0) is 41.2 Å². The minimum Gasteiger partial charge on any atom is -0.320 e. The lowest BCUT2D eigenvalue weighted by Gasteiger charge is -1.90. The fourth-order valence-electron chi connectivity index (χ4n) is 0.250. The van der Waals surface area contributed by atoms with E-state index in [0.29, 0.717) is 0 Å².